The lowest BCUT2D eigenvalue weighted by molar-refractivity contribution is 0.0603. The molecule has 0 saturated carbocycles. The number of carbonyl (C=O) groups excluding carboxylic acids is 1. The minimum absolute atomic E-state index is 0. The van der Waals surface area contributed by atoms with Crippen LogP contribution in [0.2, 0.25) is 0 Å². The lowest BCUT2D eigenvalue weighted by Crippen LogP contribution is -2.57. The molecule has 0 spiro atoms. The van der Waals surface area contributed by atoms with Gasteiger partial charge in [0.05, 0.1) is 5.69 Å². The molecule has 2 unspecified atom stereocenters. The first-order valence-corrected chi connectivity index (χ1v) is 7.04. The Morgan fingerprint density at radius 3 is 2.91 bits per heavy atom. The molecule has 8 heteroatoms. The van der Waals surface area contributed by atoms with Crippen molar-refractivity contribution in [3.63, 3.8) is 0 Å². The fourth-order valence-corrected chi connectivity index (χ4v) is 2.57. The summed E-state index contributed by atoms with van der Waals surface area (Å²) in [5.41, 5.74) is 1.44. The zero-order valence-corrected chi connectivity index (χ0v) is 13.3. The van der Waals surface area contributed by atoms with Gasteiger partial charge in [-0.2, -0.15) is 0 Å². The first kappa shape index (κ1) is 16.4. The number of aromatic nitrogens is 4. The molecule has 3 rings (SSSR count). The summed E-state index contributed by atoms with van der Waals surface area (Å²) in [7, 11) is 0. The smallest absolute Gasteiger partial charge is 0.254 e. The minimum Gasteiger partial charge on any atom is -0.333 e. The van der Waals surface area contributed by atoms with E-state index >= 15 is 0 Å². The number of tetrazole rings is 1. The topological polar surface area (TPSA) is 75.9 Å². The lowest BCUT2D eigenvalue weighted by atomic mass is 10.1. The largest absolute Gasteiger partial charge is 0.333 e. The van der Waals surface area contributed by atoms with Crippen LogP contribution in [0.5, 0.6) is 0 Å². The van der Waals surface area contributed by atoms with Crippen LogP contribution in [0.15, 0.2) is 30.6 Å². The van der Waals surface area contributed by atoms with Gasteiger partial charge in [-0.3, -0.25) is 4.79 Å². The SMILES string of the molecule is CC1NCCN(C(=O)c2cccc(-n3cnnn3)c2)C1C.Cl. The molecule has 22 heavy (non-hydrogen) atoms. The number of benzene rings is 1. The number of nitrogens with zero attached hydrogens (tertiary/aromatic N) is 5. The Labute approximate surface area is 135 Å². The van der Waals surface area contributed by atoms with Crippen molar-refractivity contribution in [1.29, 1.82) is 0 Å². The number of hydrogen-bond acceptors (Lipinski definition) is 5. The van der Waals surface area contributed by atoms with Crippen LogP contribution in [0.3, 0.4) is 0 Å². The van der Waals surface area contributed by atoms with Gasteiger partial charge in [-0.25, -0.2) is 4.68 Å². The average molecular weight is 323 g/mol. The van der Waals surface area contributed by atoms with E-state index in [0.717, 1.165) is 18.8 Å². The minimum atomic E-state index is 0. The van der Waals surface area contributed by atoms with E-state index in [2.05, 4.69) is 34.7 Å². The average Bonchev–Trinajstić information content (AvgIpc) is 3.04. The van der Waals surface area contributed by atoms with Crippen LogP contribution in [-0.4, -0.2) is 56.2 Å². The molecular weight excluding hydrogens is 304 g/mol. The molecule has 7 nitrogen and oxygen atoms in total. The summed E-state index contributed by atoms with van der Waals surface area (Å²) in [5, 5.41) is 14.5. The Hall–Kier alpha value is -1.99. The fraction of sp³-hybridized carbons (Fsp3) is 0.429. The van der Waals surface area contributed by atoms with Gasteiger partial charge in [0.1, 0.15) is 6.33 Å². The van der Waals surface area contributed by atoms with E-state index < -0.39 is 0 Å². The number of nitrogens with one attached hydrogen (secondary N) is 1. The molecule has 1 aromatic carbocycles. The zero-order chi connectivity index (χ0) is 14.8. The second-order valence-corrected chi connectivity index (χ2v) is 5.29. The van der Waals surface area contributed by atoms with Crippen molar-refractivity contribution in [3.8, 4) is 5.69 Å². The van der Waals surface area contributed by atoms with Crippen LogP contribution in [0.4, 0.5) is 0 Å². The molecule has 0 radical (unpaired) electrons. The molecule has 118 valence electrons. The highest BCUT2D eigenvalue weighted by molar-refractivity contribution is 5.95. The molecule has 0 aliphatic carbocycles. The summed E-state index contributed by atoms with van der Waals surface area (Å²) in [6.45, 7) is 5.71. The Morgan fingerprint density at radius 1 is 1.36 bits per heavy atom. The quantitative estimate of drug-likeness (QED) is 0.889. The molecule has 1 aliphatic heterocycles. The van der Waals surface area contributed by atoms with Gasteiger partial charge in [-0.15, -0.1) is 17.5 Å². The summed E-state index contributed by atoms with van der Waals surface area (Å²) in [6, 6.07) is 7.83. The number of amides is 1. The van der Waals surface area contributed by atoms with Crippen LogP contribution in [0, 0.1) is 0 Å². The van der Waals surface area contributed by atoms with Gasteiger partial charge in [0.2, 0.25) is 0 Å². The summed E-state index contributed by atoms with van der Waals surface area (Å²) in [4.78, 5) is 14.6. The fourth-order valence-electron chi connectivity index (χ4n) is 2.57. The molecule has 1 aromatic heterocycles. The first-order chi connectivity index (χ1) is 10.2. The highest BCUT2D eigenvalue weighted by atomic mass is 35.5. The third-order valence-electron chi connectivity index (χ3n) is 4.00. The molecule has 2 heterocycles. The van der Waals surface area contributed by atoms with Crippen LogP contribution < -0.4 is 5.32 Å². The summed E-state index contributed by atoms with van der Waals surface area (Å²) in [5.74, 6) is 0.0470. The Morgan fingerprint density at radius 2 is 2.18 bits per heavy atom. The molecule has 1 N–H and O–H groups in total. The van der Waals surface area contributed by atoms with Crippen molar-refractivity contribution in [1.82, 2.24) is 30.4 Å². The predicted octanol–water partition coefficient (Wildman–Crippen LogP) is 0.906. The van der Waals surface area contributed by atoms with E-state index in [9.17, 15) is 4.79 Å². The molecule has 1 saturated heterocycles. The van der Waals surface area contributed by atoms with Crippen molar-refractivity contribution < 1.29 is 4.79 Å². The Balaban J connectivity index is 0.00000176. The highest BCUT2D eigenvalue weighted by Gasteiger charge is 2.28. The summed E-state index contributed by atoms with van der Waals surface area (Å²) in [6.07, 6.45) is 1.51. The van der Waals surface area contributed by atoms with Gasteiger partial charge in [0.15, 0.2) is 0 Å². The van der Waals surface area contributed by atoms with Crippen LogP contribution in [0.25, 0.3) is 5.69 Å². The maximum Gasteiger partial charge on any atom is 0.254 e. The highest BCUT2D eigenvalue weighted by Crippen LogP contribution is 2.16. The molecule has 1 fully saturated rings. The van der Waals surface area contributed by atoms with Crippen molar-refractivity contribution in [2.45, 2.75) is 25.9 Å². The zero-order valence-electron chi connectivity index (χ0n) is 12.5. The van der Waals surface area contributed by atoms with Crippen molar-refractivity contribution in [2.24, 2.45) is 0 Å². The van der Waals surface area contributed by atoms with E-state index in [1.54, 1.807) is 4.68 Å². The second kappa shape index (κ2) is 6.85. The number of halogens is 1. The van der Waals surface area contributed by atoms with Crippen molar-refractivity contribution >= 4 is 18.3 Å². The van der Waals surface area contributed by atoms with E-state index in [0.29, 0.717) is 11.6 Å². The summed E-state index contributed by atoms with van der Waals surface area (Å²) >= 11 is 0. The first-order valence-electron chi connectivity index (χ1n) is 7.04. The van der Waals surface area contributed by atoms with E-state index in [1.807, 2.05) is 29.2 Å². The number of rotatable bonds is 2. The normalized spacial score (nSPS) is 21.3. The van der Waals surface area contributed by atoms with Crippen LogP contribution in [0.1, 0.15) is 24.2 Å². The predicted molar refractivity (Wildman–Crippen MR) is 84.4 cm³/mol. The van der Waals surface area contributed by atoms with Gasteiger partial charge in [-0.1, -0.05) is 6.07 Å². The number of carbonyl (C=O) groups is 1. The third kappa shape index (κ3) is 3.10. The van der Waals surface area contributed by atoms with Gasteiger partial charge in [-0.05, 0) is 42.5 Å². The van der Waals surface area contributed by atoms with E-state index in [4.69, 9.17) is 0 Å². The third-order valence-corrected chi connectivity index (χ3v) is 4.00. The van der Waals surface area contributed by atoms with Gasteiger partial charge in [0, 0.05) is 30.7 Å². The maximum absolute atomic E-state index is 12.7. The molecular formula is C14H19ClN6O. The summed E-state index contributed by atoms with van der Waals surface area (Å²) < 4.78 is 1.54. The Bertz CT molecular complexity index is 632. The molecule has 1 amide bonds. The monoisotopic (exact) mass is 322 g/mol. The molecule has 1 aliphatic rings. The maximum atomic E-state index is 12.7. The lowest BCUT2D eigenvalue weighted by Gasteiger charge is -2.38. The molecule has 2 atom stereocenters. The Kier molecular flexibility index (Phi) is 5.10. The van der Waals surface area contributed by atoms with E-state index in [-0.39, 0.29) is 24.4 Å². The molecule has 0 bridgehead atoms. The van der Waals surface area contributed by atoms with E-state index in [1.165, 1.54) is 6.33 Å². The van der Waals surface area contributed by atoms with Crippen LogP contribution in [-0.2, 0) is 0 Å². The van der Waals surface area contributed by atoms with Crippen LogP contribution >= 0.6 is 12.4 Å². The van der Waals surface area contributed by atoms with Gasteiger partial charge >= 0.3 is 0 Å². The molecule has 2 aromatic rings. The standard InChI is InChI=1S/C14H18N6O.ClH/c1-10-11(2)19(7-6-15-10)14(21)12-4-3-5-13(8-12)20-9-16-17-18-20;/h3-5,8-11,15H,6-7H2,1-2H3;1H. The number of piperazine rings is 1. The van der Waals surface area contributed by atoms with Crippen molar-refractivity contribution in [2.75, 3.05) is 13.1 Å². The second-order valence-electron chi connectivity index (χ2n) is 5.29. The number of hydrogen-bond donors (Lipinski definition) is 1. The van der Waals surface area contributed by atoms with Gasteiger partial charge in [0.25, 0.3) is 5.91 Å². The van der Waals surface area contributed by atoms with Gasteiger partial charge < -0.3 is 10.2 Å². The van der Waals surface area contributed by atoms with Crippen molar-refractivity contribution in [3.05, 3.63) is 36.2 Å².